The maximum atomic E-state index is 12.6. The Morgan fingerprint density at radius 3 is 2.56 bits per heavy atom. The van der Waals surface area contributed by atoms with Crippen molar-refractivity contribution >= 4 is 27.1 Å². The molecule has 12 nitrogen and oxygen atoms in total. The third-order valence-corrected chi connectivity index (χ3v) is 6.43. The number of hydrogen-bond donors (Lipinski definition) is 5. The lowest BCUT2D eigenvalue weighted by molar-refractivity contribution is -0.745. The number of imidazole rings is 1. The van der Waals surface area contributed by atoms with E-state index in [1.807, 2.05) is 18.2 Å². The zero-order chi connectivity index (χ0) is 24.8. The van der Waals surface area contributed by atoms with Gasteiger partial charge in [0.2, 0.25) is 11.7 Å². The van der Waals surface area contributed by atoms with Crippen LogP contribution in [0.1, 0.15) is 11.8 Å². The van der Waals surface area contributed by atoms with Gasteiger partial charge in [0.1, 0.15) is 18.3 Å². The number of ether oxygens (including phenoxy) is 1. The largest absolute Gasteiger partial charge is 0.511 e. The maximum absolute atomic E-state index is 12.6. The number of benzene rings is 1. The van der Waals surface area contributed by atoms with Gasteiger partial charge in [-0.25, -0.2) is 17.7 Å². The number of sulfonamides is 1. The van der Waals surface area contributed by atoms with Crippen LogP contribution in [-0.2, 0) is 21.3 Å². The normalized spacial score (nSPS) is 23.6. The fourth-order valence-electron chi connectivity index (χ4n) is 3.66. The second-order valence-electron chi connectivity index (χ2n) is 7.60. The number of nitrogen functional groups attached to an aromatic ring is 1. The molecule has 16 heteroatoms. The monoisotopic (exact) mass is 505 g/mol. The molecule has 1 aliphatic rings. The topological polar surface area (TPSA) is 176 Å². The number of rotatable bonds is 6. The van der Waals surface area contributed by atoms with Gasteiger partial charge in [0.15, 0.2) is 6.33 Å². The van der Waals surface area contributed by atoms with E-state index in [0.717, 1.165) is 5.56 Å². The summed E-state index contributed by atoms with van der Waals surface area (Å²) < 4.78 is 69.8. The number of nitrogens with zero attached hydrogens (tertiary/aromatic N) is 3. The summed E-state index contributed by atoms with van der Waals surface area (Å²) in [5.41, 5.74) is 0.350. The molecule has 0 unspecified atom stereocenters. The first-order valence-corrected chi connectivity index (χ1v) is 11.3. The summed E-state index contributed by atoms with van der Waals surface area (Å²) >= 11 is 0. The fraction of sp³-hybridized carbons (Fsp3) is 0.389. The molecule has 3 aromatic rings. The molecule has 2 aromatic heterocycles. The van der Waals surface area contributed by atoms with Gasteiger partial charge in [-0.05, 0) is 5.56 Å². The van der Waals surface area contributed by atoms with Crippen molar-refractivity contribution in [3.8, 4) is 0 Å². The van der Waals surface area contributed by atoms with Gasteiger partial charge in [0.25, 0.3) is 11.5 Å². The number of fused-ring (bicyclic) bond motifs is 1. The standard InChI is InChI=1S/C18H19F3N6O6S/c19-18(20,21)34(31,32)23-6-10-12(28)13(29)16(33-10)27-8-26(7-9-4-2-1-3-5-9)11-14(27)24-17(22)25-15(11)30/h1-5,8,10,12-13,16,23,28-29H,6-7H2,(H2-,22,24,25,30)/p+1/t10-,12-,13-,16-/m1/s1. The Morgan fingerprint density at radius 2 is 1.91 bits per heavy atom. The lowest BCUT2D eigenvalue weighted by atomic mass is 10.1. The average molecular weight is 505 g/mol. The number of aromatic amines is 1. The first kappa shape index (κ1) is 24.1. The lowest BCUT2D eigenvalue weighted by Gasteiger charge is -2.15. The van der Waals surface area contributed by atoms with Gasteiger partial charge in [0.05, 0.1) is 6.54 Å². The molecule has 0 amide bonds. The Bertz CT molecular complexity index is 1360. The van der Waals surface area contributed by atoms with Crippen molar-refractivity contribution in [1.29, 1.82) is 0 Å². The van der Waals surface area contributed by atoms with Crippen molar-refractivity contribution < 1.29 is 41.1 Å². The van der Waals surface area contributed by atoms with E-state index in [1.54, 1.807) is 12.1 Å². The Kier molecular flexibility index (Phi) is 6.11. The third kappa shape index (κ3) is 4.37. The predicted molar refractivity (Wildman–Crippen MR) is 109 cm³/mol. The number of aromatic nitrogens is 4. The molecule has 34 heavy (non-hydrogen) atoms. The van der Waals surface area contributed by atoms with E-state index in [4.69, 9.17) is 10.5 Å². The maximum Gasteiger partial charge on any atom is 0.511 e. The van der Waals surface area contributed by atoms with Crippen LogP contribution < -0.4 is 20.6 Å². The molecular weight excluding hydrogens is 485 g/mol. The molecule has 0 bridgehead atoms. The van der Waals surface area contributed by atoms with Crippen LogP contribution in [0, 0.1) is 0 Å². The highest BCUT2D eigenvalue weighted by molar-refractivity contribution is 7.90. The number of H-pyrrole nitrogens is 1. The number of nitrogens with two attached hydrogens (primary N) is 1. The number of aliphatic hydroxyl groups is 2. The Labute approximate surface area is 189 Å². The summed E-state index contributed by atoms with van der Waals surface area (Å²) in [6.07, 6.45) is -5.01. The molecule has 1 aromatic carbocycles. The number of alkyl halides is 3. The molecule has 3 heterocycles. The van der Waals surface area contributed by atoms with Gasteiger partial charge in [0, 0.05) is 6.54 Å². The van der Waals surface area contributed by atoms with Gasteiger partial charge in [-0.2, -0.15) is 13.2 Å². The zero-order valence-corrected chi connectivity index (χ0v) is 18.0. The van der Waals surface area contributed by atoms with Gasteiger partial charge < -0.3 is 20.7 Å². The van der Waals surface area contributed by atoms with Gasteiger partial charge in [-0.3, -0.25) is 14.3 Å². The Balaban J connectivity index is 1.68. The Morgan fingerprint density at radius 1 is 1.24 bits per heavy atom. The molecule has 4 atom stereocenters. The van der Waals surface area contributed by atoms with E-state index in [1.165, 1.54) is 20.2 Å². The number of aliphatic hydroxyl groups excluding tert-OH is 2. The predicted octanol–water partition coefficient (Wildman–Crippen LogP) is -1.30. The molecule has 1 saturated heterocycles. The highest BCUT2D eigenvalue weighted by Crippen LogP contribution is 2.28. The summed E-state index contributed by atoms with van der Waals surface area (Å²) in [5, 5.41) is 20.8. The van der Waals surface area contributed by atoms with Crippen LogP contribution >= 0.6 is 0 Å². The van der Waals surface area contributed by atoms with Crippen LogP contribution in [0.15, 0.2) is 41.5 Å². The number of nitrogens with one attached hydrogen (secondary N) is 2. The zero-order valence-electron chi connectivity index (χ0n) is 17.2. The van der Waals surface area contributed by atoms with Crippen LogP contribution in [0.2, 0.25) is 0 Å². The van der Waals surface area contributed by atoms with E-state index in [-0.39, 0.29) is 23.7 Å². The second-order valence-corrected chi connectivity index (χ2v) is 9.36. The first-order valence-electron chi connectivity index (χ1n) is 9.80. The smallest absolute Gasteiger partial charge is 0.387 e. The molecule has 0 spiro atoms. The molecule has 184 valence electrons. The summed E-state index contributed by atoms with van der Waals surface area (Å²) in [6, 6.07) is 9.01. The van der Waals surface area contributed by atoms with Crippen molar-refractivity contribution in [1.82, 2.24) is 19.3 Å². The number of anilines is 1. The second kappa shape index (κ2) is 8.62. The van der Waals surface area contributed by atoms with Gasteiger partial charge in [-0.1, -0.05) is 35.3 Å². The summed E-state index contributed by atoms with van der Waals surface area (Å²) in [5.74, 6) is -0.244. The molecule has 4 rings (SSSR count). The summed E-state index contributed by atoms with van der Waals surface area (Å²) in [6.45, 7) is -0.755. The van der Waals surface area contributed by atoms with Crippen LogP contribution in [0.4, 0.5) is 19.1 Å². The fourth-order valence-corrected chi connectivity index (χ4v) is 4.21. The van der Waals surface area contributed by atoms with Gasteiger partial charge in [-0.15, -0.1) is 0 Å². The highest BCUT2D eigenvalue weighted by atomic mass is 32.2. The van der Waals surface area contributed by atoms with Crippen LogP contribution in [0.25, 0.3) is 11.2 Å². The van der Waals surface area contributed by atoms with E-state index in [9.17, 15) is 36.6 Å². The van der Waals surface area contributed by atoms with Crippen LogP contribution in [0.5, 0.6) is 0 Å². The summed E-state index contributed by atoms with van der Waals surface area (Å²) in [4.78, 5) is 19.1. The van der Waals surface area contributed by atoms with Gasteiger partial charge >= 0.3 is 21.2 Å². The first-order chi connectivity index (χ1) is 15.9. The molecule has 0 saturated carbocycles. The molecular formula is C18H20F3N6O6S+. The molecule has 1 aliphatic heterocycles. The molecule has 1 fully saturated rings. The van der Waals surface area contributed by atoms with E-state index < -0.39 is 52.2 Å². The average Bonchev–Trinajstić information content (AvgIpc) is 3.24. The van der Waals surface area contributed by atoms with E-state index in [2.05, 4.69) is 9.97 Å². The molecule has 0 aliphatic carbocycles. The minimum absolute atomic E-state index is 0.0232. The number of halogens is 3. The van der Waals surface area contributed by atoms with Crippen LogP contribution in [-0.4, -0.2) is 63.5 Å². The molecule has 0 radical (unpaired) electrons. The third-order valence-electron chi connectivity index (χ3n) is 5.28. The van der Waals surface area contributed by atoms with Crippen molar-refractivity contribution in [2.45, 2.75) is 36.6 Å². The SMILES string of the molecule is Nc1nc2c(c(=O)[nH]1)n(Cc1ccccc1)c[n+]2[C@@H]1O[C@H](CNS(=O)(=O)C(F)(F)F)[C@@H](O)[C@H]1O. The quantitative estimate of drug-likeness (QED) is 0.257. The van der Waals surface area contributed by atoms with E-state index >= 15 is 0 Å². The molecule has 6 N–H and O–H groups in total. The highest BCUT2D eigenvalue weighted by Gasteiger charge is 2.50. The summed E-state index contributed by atoms with van der Waals surface area (Å²) in [7, 11) is -5.69. The van der Waals surface area contributed by atoms with Crippen LogP contribution in [0.3, 0.4) is 0 Å². The Hall–Kier alpha value is -3.05. The van der Waals surface area contributed by atoms with Crippen molar-refractivity contribution in [3.63, 3.8) is 0 Å². The minimum atomic E-state index is -5.69. The minimum Gasteiger partial charge on any atom is -0.387 e. The number of hydrogen-bond acceptors (Lipinski definition) is 8. The van der Waals surface area contributed by atoms with Crippen molar-refractivity contribution in [3.05, 3.63) is 52.6 Å². The lowest BCUT2D eigenvalue weighted by Crippen LogP contribution is -2.46. The van der Waals surface area contributed by atoms with E-state index in [0.29, 0.717) is 0 Å². The van der Waals surface area contributed by atoms with Crippen molar-refractivity contribution in [2.75, 3.05) is 12.3 Å². The van der Waals surface area contributed by atoms with Crippen molar-refractivity contribution in [2.24, 2.45) is 0 Å².